The third-order valence-corrected chi connectivity index (χ3v) is 4.00. The lowest BCUT2D eigenvalue weighted by atomic mass is 10.0. The van der Waals surface area contributed by atoms with Crippen LogP contribution in [0, 0.1) is 5.82 Å². The summed E-state index contributed by atoms with van der Waals surface area (Å²) in [6.45, 7) is 0. The molecule has 0 aliphatic heterocycles. The van der Waals surface area contributed by atoms with Gasteiger partial charge in [0.05, 0.1) is 19.9 Å². The SMILES string of the molecule is COC(=O)c1cc(F)c(N=C(c2ccccc2)c2ccccc2)cc1OC. The van der Waals surface area contributed by atoms with Crippen molar-refractivity contribution in [2.75, 3.05) is 14.2 Å². The maximum absolute atomic E-state index is 14.7. The molecule has 0 atom stereocenters. The predicted octanol–water partition coefficient (Wildman–Crippen LogP) is 4.79. The van der Waals surface area contributed by atoms with E-state index < -0.39 is 11.8 Å². The Morgan fingerprint density at radius 2 is 1.44 bits per heavy atom. The van der Waals surface area contributed by atoms with E-state index in [0.717, 1.165) is 17.2 Å². The number of hydrogen-bond acceptors (Lipinski definition) is 4. The highest BCUT2D eigenvalue weighted by Crippen LogP contribution is 2.30. The van der Waals surface area contributed by atoms with E-state index in [1.807, 2.05) is 60.7 Å². The van der Waals surface area contributed by atoms with Crippen molar-refractivity contribution in [3.63, 3.8) is 0 Å². The Bertz CT molecular complexity index is 928. The lowest BCUT2D eigenvalue weighted by Crippen LogP contribution is -2.06. The highest BCUT2D eigenvalue weighted by Gasteiger charge is 2.18. The molecule has 0 aliphatic rings. The van der Waals surface area contributed by atoms with E-state index in [9.17, 15) is 9.18 Å². The normalized spacial score (nSPS) is 10.2. The molecular formula is C22H18FNO3. The molecule has 0 heterocycles. The van der Waals surface area contributed by atoms with E-state index in [2.05, 4.69) is 9.73 Å². The summed E-state index contributed by atoms with van der Waals surface area (Å²) in [5, 5.41) is 0. The summed E-state index contributed by atoms with van der Waals surface area (Å²) in [5.41, 5.74) is 2.39. The van der Waals surface area contributed by atoms with Gasteiger partial charge in [-0.25, -0.2) is 14.2 Å². The van der Waals surface area contributed by atoms with Crippen LogP contribution in [0.4, 0.5) is 10.1 Å². The summed E-state index contributed by atoms with van der Waals surface area (Å²) >= 11 is 0. The topological polar surface area (TPSA) is 47.9 Å². The zero-order valence-corrected chi connectivity index (χ0v) is 15.0. The fourth-order valence-electron chi connectivity index (χ4n) is 2.67. The number of nitrogens with zero attached hydrogens (tertiary/aromatic N) is 1. The largest absolute Gasteiger partial charge is 0.496 e. The van der Waals surface area contributed by atoms with Crippen LogP contribution in [0.1, 0.15) is 21.5 Å². The summed E-state index contributed by atoms with van der Waals surface area (Å²) in [5.74, 6) is -1.12. The molecule has 0 saturated carbocycles. The first-order chi connectivity index (χ1) is 13.1. The monoisotopic (exact) mass is 363 g/mol. The standard InChI is InChI=1S/C22H18FNO3/c1-26-20-14-19(18(23)13-17(20)22(25)27-2)24-21(15-9-5-3-6-10-15)16-11-7-4-8-12-16/h3-14H,1-2H3. The van der Waals surface area contributed by atoms with Gasteiger partial charge in [0.2, 0.25) is 0 Å². The molecule has 136 valence electrons. The first-order valence-electron chi connectivity index (χ1n) is 8.29. The van der Waals surface area contributed by atoms with Crippen LogP contribution in [-0.4, -0.2) is 25.9 Å². The van der Waals surface area contributed by atoms with Crippen molar-refractivity contribution in [2.45, 2.75) is 0 Å². The Balaban J connectivity index is 2.17. The Hall–Kier alpha value is -3.47. The molecule has 0 spiro atoms. The van der Waals surface area contributed by atoms with Crippen LogP contribution >= 0.6 is 0 Å². The molecule has 0 aromatic heterocycles. The molecule has 3 aromatic rings. The molecule has 0 bridgehead atoms. The van der Waals surface area contributed by atoms with Gasteiger partial charge < -0.3 is 9.47 Å². The second-order valence-electron chi connectivity index (χ2n) is 5.69. The van der Waals surface area contributed by atoms with Crippen molar-refractivity contribution >= 4 is 17.4 Å². The molecule has 5 heteroatoms. The number of hydrogen-bond donors (Lipinski definition) is 0. The van der Waals surface area contributed by atoms with Gasteiger partial charge >= 0.3 is 5.97 Å². The summed E-state index contributed by atoms with van der Waals surface area (Å²) in [4.78, 5) is 16.4. The molecular weight excluding hydrogens is 345 g/mol. The van der Waals surface area contributed by atoms with Crippen LogP contribution in [0.2, 0.25) is 0 Å². The third kappa shape index (κ3) is 4.03. The van der Waals surface area contributed by atoms with E-state index >= 15 is 0 Å². The molecule has 0 aliphatic carbocycles. The van der Waals surface area contributed by atoms with E-state index in [0.29, 0.717) is 5.71 Å². The summed E-state index contributed by atoms with van der Waals surface area (Å²) in [6, 6.07) is 21.5. The Kier molecular flexibility index (Phi) is 5.61. The van der Waals surface area contributed by atoms with Crippen molar-refractivity contribution in [1.82, 2.24) is 0 Å². The Morgan fingerprint density at radius 3 is 1.93 bits per heavy atom. The lowest BCUT2D eigenvalue weighted by Gasteiger charge is -2.11. The number of carbonyl (C=O) groups excluding carboxylic acids is 1. The third-order valence-electron chi connectivity index (χ3n) is 4.00. The zero-order valence-electron chi connectivity index (χ0n) is 15.0. The smallest absolute Gasteiger partial charge is 0.341 e. The number of esters is 1. The van der Waals surface area contributed by atoms with E-state index in [1.54, 1.807) is 0 Å². The Morgan fingerprint density at radius 1 is 0.889 bits per heavy atom. The van der Waals surface area contributed by atoms with Gasteiger partial charge in [0.1, 0.15) is 22.8 Å². The fraction of sp³-hybridized carbons (Fsp3) is 0.0909. The van der Waals surface area contributed by atoms with Crippen LogP contribution in [-0.2, 0) is 4.74 Å². The second-order valence-corrected chi connectivity index (χ2v) is 5.69. The second kappa shape index (κ2) is 8.27. The van der Waals surface area contributed by atoms with E-state index in [4.69, 9.17) is 4.74 Å². The van der Waals surface area contributed by atoms with Gasteiger partial charge in [0, 0.05) is 17.2 Å². The van der Waals surface area contributed by atoms with Gasteiger partial charge in [-0.1, -0.05) is 60.7 Å². The van der Waals surface area contributed by atoms with Crippen molar-refractivity contribution in [3.8, 4) is 5.75 Å². The van der Waals surface area contributed by atoms with Crippen molar-refractivity contribution < 1.29 is 18.7 Å². The number of methoxy groups -OCH3 is 2. The number of rotatable bonds is 5. The quantitative estimate of drug-likeness (QED) is 0.484. The summed E-state index contributed by atoms with van der Waals surface area (Å²) < 4.78 is 24.6. The highest BCUT2D eigenvalue weighted by molar-refractivity contribution is 6.14. The van der Waals surface area contributed by atoms with Gasteiger partial charge in [-0.05, 0) is 6.07 Å². The Labute approximate surface area is 156 Å². The number of ether oxygens (including phenoxy) is 2. The van der Waals surface area contributed by atoms with Crippen LogP contribution in [0.15, 0.2) is 77.8 Å². The molecule has 27 heavy (non-hydrogen) atoms. The van der Waals surface area contributed by atoms with Gasteiger partial charge in [0.15, 0.2) is 0 Å². The van der Waals surface area contributed by atoms with E-state index in [1.165, 1.54) is 20.3 Å². The van der Waals surface area contributed by atoms with Crippen molar-refractivity contribution in [3.05, 3.63) is 95.3 Å². The van der Waals surface area contributed by atoms with Gasteiger partial charge in [0.25, 0.3) is 0 Å². The van der Waals surface area contributed by atoms with Crippen LogP contribution in [0.5, 0.6) is 5.75 Å². The van der Waals surface area contributed by atoms with Crippen LogP contribution in [0.25, 0.3) is 0 Å². The number of benzene rings is 3. The maximum Gasteiger partial charge on any atom is 0.341 e. The molecule has 0 amide bonds. The van der Waals surface area contributed by atoms with Crippen molar-refractivity contribution in [2.24, 2.45) is 4.99 Å². The average Bonchev–Trinajstić information content (AvgIpc) is 2.73. The highest BCUT2D eigenvalue weighted by atomic mass is 19.1. The minimum atomic E-state index is -0.673. The number of carbonyl (C=O) groups is 1. The van der Waals surface area contributed by atoms with E-state index in [-0.39, 0.29) is 17.0 Å². The fourth-order valence-corrected chi connectivity index (χ4v) is 2.67. The molecule has 0 radical (unpaired) electrons. The lowest BCUT2D eigenvalue weighted by molar-refractivity contribution is 0.0596. The summed E-state index contributed by atoms with van der Waals surface area (Å²) in [7, 11) is 2.64. The average molecular weight is 363 g/mol. The minimum absolute atomic E-state index is 0.0115. The van der Waals surface area contributed by atoms with Gasteiger partial charge in [-0.15, -0.1) is 0 Å². The first-order valence-corrected chi connectivity index (χ1v) is 8.29. The molecule has 4 nitrogen and oxygen atoms in total. The molecule has 0 saturated heterocycles. The number of aliphatic imine (C=N–C) groups is 1. The van der Waals surface area contributed by atoms with Crippen LogP contribution in [0.3, 0.4) is 0 Å². The first kappa shape index (κ1) is 18.3. The zero-order chi connectivity index (χ0) is 19.2. The number of halogens is 1. The van der Waals surface area contributed by atoms with Crippen LogP contribution < -0.4 is 4.74 Å². The maximum atomic E-state index is 14.7. The van der Waals surface area contributed by atoms with Crippen molar-refractivity contribution in [1.29, 1.82) is 0 Å². The molecule has 0 fully saturated rings. The molecule has 0 N–H and O–H groups in total. The molecule has 3 aromatic carbocycles. The van der Waals surface area contributed by atoms with Gasteiger partial charge in [-0.2, -0.15) is 0 Å². The predicted molar refractivity (Wildman–Crippen MR) is 102 cm³/mol. The molecule has 3 rings (SSSR count). The summed E-state index contributed by atoms with van der Waals surface area (Å²) in [6.07, 6.45) is 0. The molecule has 0 unspecified atom stereocenters. The van der Waals surface area contributed by atoms with Gasteiger partial charge in [-0.3, -0.25) is 0 Å². The minimum Gasteiger partial charge on any atom is -0.496 e.